The Morgan fingerprint density at radius 1 is 1.42 bits per heavy atom. The molecule has 0 spiro atoms. The summed E-state index contributed by atoms with van der Waals surface area (Å²) >= 11 is 5.28. The molecule has 1 unspecified atom stereocenters. The summed E-state index contributed by atoms with van der Waals surface area (Å²) in [6.45, 7) is -0.999. The summed E-state index contributed by atoms with van der Waals surface area (Å²) in [4.78, 5) is 0. The molecule has 0 aromatic carbocycles. The van der Waals surface area contributed by atoms with Gasteiger partial charge in [-0.25, -0.2) is 4.39 Å². The lowest BCUT2D eigenvalue weighted by Gasteiger charge is -2.16. The Morgan fingerprint density at radius 3 is 2.25 bits per heavy atom. The molecule has 0 aromatic rings. The Bertz CT molecular complexity index is 127. The smallest absolute Gasteiger partial charge is 0.367 e. The molecule has 74 valence electrons. The molecule has 0 amide bonds. The highest BCUT2D eigenvalue weighted by Crippen LogP contribution is 2.17. The molecule has 0 fully saturated rings. The normalized spacial score (nSPS) is 17.5. The summed E-state index contributed by atoms with van der Waals surface area (Å²) < 4.78 is 50.6. The predicted molar refractivity (Wildman–Crippen MR) is 37.1 cm³/mol. The van der Waals surface area contributed by atoms with Crippen LogP contribution in [0.3, 0.4) is 0 Å². The fourth-order valence-corrected chi connectivity index (χ4v) is 0.529. The summed E-state index contributed by atoms with van der Waals surface area (Å²) in [5, 5.41) is -1.02. The maximum atomic E-state index is 11.8. The average molecular weight is 209 g/mol. The first kappa shape index (κ1) is 12.0. The van der Waals surface area contributed by atoms with Gasteiger partial charge in [0.25, 0.3) is 0 Å². The van der Waals surface area contributed by atoms with E-state index in [1.165, 1.54) is 6.92 Å². The second-order valence-corrected chi connectivity index (χ2v) is 2.86. The van der Waals surface area contributed by atoms with Gasteiger partial charge >= 0.3 is 6.18 Å². The van der Waals surface area contributed by atoms with Gasteiger partial charge in [0.05, 0.1) is 11.5 Å². The quantitative estimate of drug-likeness (QED) is 0.510. The minimum absolute atomic E-state index is 0.902. The fourth-order valence-electron chi connectivity index (χ4n) is 0.456. The Hall–Kier alpha value is -0.0300. The first-order valence-electron chi connectivity index (χ1n) is 3.25. The van der Waals surface area contributed by atoms with Crippen molar-refractivity contribution in [1.29, 1.82) is 0 Å². The number of hydrogen-bond donors (Lipinski definition) is 0. The third-order valence-corrected chi connectivity index (χ3v) is 1.64. The molecule has 0 aliphatic carbocycles. The average Bonchev–Trinajstić information content (AvgIpc) is 1.97. The first-order chi connectivity index (χ1) is 5.37. The lowest BCUT2D eigenvalue weighted by Crippen LogP contribution is -2.28. The van der Waals surface area contributed by atoms with Crippen LogP contribution in [0.5, 0.6) is 0 Å². The van der Waals surface area contributed by atoms with E-state index in [1.807, 2.05) is 0 Å². The lowest BCUT2D eigenvalue weighted by molar-refractivity contribution is -0.183. The first-order valence-corrected chi connectivity index (χ1v) is 3.69. The van der Waals surface area contributed by atoms with Crippen LogP contribution in [-0.2, 0) is 4.74 Å². The molecule has 0 rings (SSSR count). The molecule has 0 radical (unpaired) electrons. The molecule has 12 heavy (non-hydrogen) atoms. The summed E-state index contributed by atoms with van der Waals surface area (Å²) in [6, 6.07) is 0. The van der Waals surface area contributed by atoms with E-state index in [9.17, 15) is 17.6 Å². The van der Waals surface area contributed by atoms with Crippen LogP contribution in [0.4, 0.5) is 17.6 Å². The van der Waals surface area contributed by atoms with Crippen LogP contribution in [0.25, 0.3) is 0 Å². The van der Waals surface area contributed by atoms with Gasteiger partial charge in [-0.1, -0.05) is 0 Å². The molecule has 0 N–H and O–H groups in total. The van der Waals surface area contributed by atoms with Crippen molar-refractivity contribution in [3.05, 3.63) is 0 Å². The van der Waals surface area contributed by atoms with Crippen LogP contribution >= 0.6 is 11.6 Å². The number of halogens is 5. The predicted octanol–water partition coefficient (Wildman–Crippen LogP) is 2.53. The van der Waals surface area contributed by atoms with Crippen molar-refractivity contribution in [1.82, 2.24) is 0 Å². The van der Waals surface area contributed by atoms with Crippen LogP contribution < -0.4 is 0 Å². The van der Waals surface area contributed by atoms with E-state index < -0.39 is 30.9 Å². The van der Waals surface area contributed by atoms with Crippen molar-refractivity contribution in [2.75, 3.05) is 13.3 Å². The number of hydrogen-bond acceptors (Lipinski definition) is 1. The van der Waals surface area contributed by atoms with Crippen LogP contribution in [-0.4, -0.2) is 30.9 Å². The Balaban J connectivity index is 3.64. The summed E-state index contributed by atoms with van der Waals surface area (Å²) in [6.07, 6.45) is -5.32. The zero-order valence-corrected chi connectivity index (χ0v) is 7.12. The van der Waals surface area contributed by atoms with Crippen LogP contribution in [0, 0.1) is 0 Å². The second kappa shape index (κ2) is 4.87. The molecule has 2 atom stereocenters. The van der Waals surface area contributed by atoms with Gasteiger partial charge in [-0.15, -0.1) is 11.6 Å². The molecule has 6 heteroatoms. The largest absolute Gasteiger partial charge is 0.411 e. The Kier molecular flexibility index (Phi) is 4.85. The van der Waals surface area contributed by atoms with E-state index in [0.717, 1.165) is 0 Å². The SMILES string of the molecule is CC(OCC(F)(F)F)[C@@H](Cl)CF. The molecule has 1 nitrogen and oxygen atoms in total. The summed E-state index contributed by atoms with van der Waals surface area (Å²) in [7, 11) is 0. The van der Waals surface area contributed by atoms with Crippen molar-refractivity contribution in [2.45, 2.75) is 24.6 Å². The van der Waals surface area contributed by atoms with Crippen LogP contribution in [0.15, 0.2) is 0 Å². The van der Waals surface area contributed by atoms with Crippen molar-refractivity contribution in [3.8, 4) is 0 Å². The van der Waals surface area contributed by atoms with Crippen molar-refractivity contribution in [2.24, 2.45) is 0 Å². The number of alkyl halides is 5. The van der Waals surface area contributed by atoms with Crippen molar-refractivity contribution < 1.29 is 22.3 Å². The monoisotopic (exact) mass is 208 g/mol. The fraction of sp³-hybridized carbons (Fsp3) is 1.00. The van der Waals surface area contributed by atoms with Gasteiger partial charge in [-0.3, -0.25) is 0 Å². The van der Waals surface area contributed by atoms with Gasteiger partial charge in [-0.2, -0.15) is 13.2 Å². The zero-order chi connectivity index (χ0) is 9.78. The van der Waals surface area contributed by atoms with Gasteiger partial charge in [0.2, 0.25) is 0 Å². The van der Waals surface area contributed by atoms with E-state index >= 15 is 0 Å². The standard InChI is InChI=1S/C6H9ClF4O/c1-4(5(7)2-8)12-3-6(9,10)11/h4-5H,2-3H2,1H3/t4?,5-/m0/s1. The van der Waals surface area contributed by atoms with E-state index in [-0.39, 0.29) is 0 Å². The molecule has 0 bridgehead atoms. The zero-order valence-electron chi connectivity index (χ0n) is 6.37. The van der Waals surface area contributed by atoms with Crippen molar-refractivity contribution in [3.63, 3.8) is 0 Å². The molecule has 0 aliphatic heterocycles. The van der Waals surface area contributed by atoms with Gasteiger partial charge in [0.15, 0.2) is 0 Å². The highest BCUT2D eigenvalue weighted by molar-refractivity contribution is 6.21. The molecule has 0 aliphatic rings. The van der Waals surface area contributed by atoms with E-state index in [2.05, 4.69) is 4.74 Å². The Morgan fingerprint density at radius 2 is 1.92 bits per heavy atom. The van der Waals surface area contributed by atoms with Gasteiger partial charge in [-0.05, 0) is 6.92 Å². The molecule has 0 heterocycles. The molecular weight excluding hydrogens is 200 g/mol. The minimum Gasteiger partial charge on any atom is -0.367 e. The number of rotatable bonds is 4. The van der Waals surface area contributed by atoms with E-state index in [1.54, 1.807) is 0 Å². The van der Waals surface area contributed by atoms with Crippen molar-refractivity contribution >= 4 is 11.6 Å². The maximum absolute atomic E-state index is 11.8. The van der Waals surface area contributed by atoms with Crippen LogP contribution in [0.2, 0.25) is 0 Å². The van der Waals surface area contributed by atoms with Gasteiger partial charge in [0, 0.05) is 0 Å². The third kappa shape index (κ3) is 5.60. The molecular formula is C6H9ClF4O. The lowest BCUT2D eigenvalue weighted by atomic mass is 10.3. The molecule has 0 saturated carbocycles. The highest BCUT2D eigenvalue weighted by Gasteiger charge is 2.29. The van der Waals surface area contributed by atoms with Crippen LogP contribution in [0.1, 0.15) is 6.92 Å². The summed E-state index contributed by atoms with van der Waals surface area (Å²) in [5.74, 6) is 0. The number of ether oxygens (including phenoxy) is 1. The summed E-state index contributed by atoms with van der Waals surface area (Å²) in [5.41, 5.74) is 0. The van der Waals surface area contributed by atoms with E-state index in [4.69, 9.17) is 11.6 Å². The highest BCUT2D eigenvalue weighted by atomic mass is 35.5. The molecule has 0 aromatic heterocycles. The van der Waals surface area contributed by atoms with Gasteiger partial charge in [0.1, 0.15) is 13.3 Å². The minimum atomic E-state index is -4.39. The second-order valence-electron chi connectivity index (χ2n) is 2.30. The topological polar surface area (TPSA) is 9.23 Å². The van der Waals surface area contributed by atoms with Gasteiger partial charge < -0.3 is 4.74 Å². The maximum Gasteiger partial charge on any atom is 0.411 e. The van der Waals surface area contributed by atoms with E-state index in [0.29, 0.717) is 0 Å². The third-order valence-electron chi connectivity index (χ3n) is 1.17. The Labute approximate surface area is 72.6 Å². The molecule has 0 saturated heterocycles.